The summed E-state index contributed by atoms with van der Waals surface area (Å²) < 4.78 is 14.4. The highest BCUT2D eigenvalue weighted by atomic mass is 79.9. The minimum atomic E-state index is -0.359. The van der Waals surface area contributed by atoms with Crippen molar-refractivity contribution in [1.29, 1.82) is 0 Å². The standard InChI is InChI=1S/C15H14BrFN2O/c16-12-3-6-14(17)11(8-12)9-19-13-4-1-10(2-5-13)7-15(18)20/h1-6,8,19H,7,9H2,(H2,18,20). The molecular weight excluding hydrogens is 323 g/mol. The van der Waals surface area contributed by atoms with Crippen LogP contribution < -0.4 is 11.1 Å². The van der Waals surface area contributed by atoms with Crippen molar-refractivity contribution in [2.75, 3.05) is 5.32 Å². The molecule has 3 N–H and O–H groups in total. The summed E-state index contributed by atoms with van der Waals surface area (Å²) >= 11 is 3.32. The predicted molar refractivity (Wildman–Crippen MR) is 80.8 cm³/mol. The molecule has 104 valence electrons. The van der Waals surface area contributed by atoms with Gasteiger partial charge in [0.25, 0.3) is 0 Å². The van der Waals surface area contributed by atoms with E-state index in [1.54, 1.807) is 12.1 Å². The number of primary amides is 1. The van der Waals surface area contributed by atoms with Gasteiger partial charge < -0.3 is 11.1 Å². The van der Waals surface area contributed by atoms with Crippen LogP contribution in [-0.2, 0) is 17.8 Å². The monoisotopic (exact) mass is 336 g/mol. The molecule has 20 heavy (non-hydrogen) atoms. The minimum absolute atomic E-state index is 0.223. The van der Waals surface area contributed by atoms with E-state index in [1.165, 1.54) is 6.07 Å². The lowest BCUT2D eigenvalue weighted by molar-refractivity contribution is -0.117. The lowest BCUT2D eigenvalue weighted by Crippen LogP contribution is -2.13. The van der Waals surface area contributed by atoms with Gasteiger partial charge in [-0.05, 0) is 35.9 Å². The lowest BCUT2D eigenvalue weighted by atomic mass is 10.1. The van der Waals surface area contributed by atoms with Crippen LogP contribution in [0.15, 0.2) is 46.9 Å². The summed E-state index contributed by atoms with van der Waals surface area (Å²) in [5.41, 5.74) is 7.43. The quantitative estimate of drug-likeness (QED) is 0.880. The summed E-state index contributed by atoms with van der Waals surface area (Å²) in [6.45, 7) is 0.389. The van der Waals surface area contributed by atoms with Crippen LogP contribution in [0.3, 0.4) is 0 Å². The molecule has 1 amide bonds. The zero-order valence-electron chi connectivity index (χ0n) is 10.7. The SMILES string of the molecule is NC(=O)Cc1ccc(NCc2cc(Br)ccc2F)cc1. The van der Waals surface area contributed by atoms with Crippen LogP contribution in [0, 0.1) is 5.82 Å². The molecule has 0 saturated carbocycles. The lowest BCUT2D eigenvalue weighted by Gasteiger charge is -2.08. The molecule has 0 atom stereocenters. The van der Waals surface area contributed by atoms with Gasteiger partial charge in [-0.2, -0.15) is 0 Å². The topological polar surface area (TPSA) is 55.1 Å². The fourth-order valence-corrected chi connectivity index (χ4v) is 2.23. The van der Waals surface area contributed by atoms with Crippen molar-refractivity contribution in [1.82, 2.24) is 0 Å². The van der Waals surface area contributed by atoms with Gasteiger partial charge >= 0.3 is 0 Å². The first-order valence-electron chi connectivity index (χ1n) is 6.09. The molecule has 0 aliphatic rings. The largest absolute Gasteiger partial charge is 0.381 e. The van der Waals surface area contributed by atoms with Gasteiger partial charge in [-0.25, -0.2) is 4.39 Å². The summed E-state index contributed by atoms with van der Waals surface area (Å²) in [6, 6.07) is 12.2. The third-order valence-electron chi connectivity index (χ3n) is 2.82. The van der Waals surface area contributed by atoms with Crippen LogP contribution in [-0.4, -0.2) is 5.91 Å². The average molecular weight is 337 g/mol. The van der Waals surface area contributed by atoms with Gasteiger partial charge in [-0.3, -0.25) is 4.79 Å². The molecular formula is C15H14BrFN2O. The smallest absolute Gasteiger partial charge is 0.221 e. The molecule has 0 saturated heterocycles. The highest BCUT2D eigenvalue weighted by Crippen LogP contribution is 2.17. The molecule has 3 nitrogen and oxygen atoms in total. The molecule has 0 spiro atoms. The van der Waals surface area contributed by atoms with Crippen LogP contribution >= 0.6 is 15.9 Å². The molecule has 2 rings (SSSR count). The number of carbonyl (C=O) groups excluding carboxylic acids is 1. The van der Waals surface area contributed by atoms with Crippen molar-refractivity contribution < 1.29 is 9.18 Å². The number of amides is 1. The normalized spacial score (nSPS) is 10.3. The van der Waals surface area contributed by atoms with Gasteiger partial charge in [0.1, 0.15) is 5.82 Å². The minimum Gasteiger partial charge on any atom is -0.381 e. The predicted octanol–water partition coefficient (Wildman–Crippen LogP) is 3.23. The highest BCUT2D eigenvalue weighted by molar-refractivity contribution is 9.10. The summed E-state index contributed by atoms with van der Waals surface area (Å²) in [4.78, 5) is 10.8. The van der Waals surface area contributed by atoms with E-state index >= 15 is 0 Å². The summed E-state index contributed by atoms with van der Waals surface area (Å²) in [6.07, 6.45) is 0.223. The number of hydrogen-bond acceptors (Lipinski definition) is 2. The molecule has 0 fully saturated rings. The molecule has 2 aromatic carbocycles. The molecule has 0 aliphatic heterocycles. The van der Waals surface area contributed by atoms with Crippen LogP contribution in [0.1, 0.15) is 11.1 Å². The molecule has 0 aromatic heterocycles. The van der Waals surface area contributed by atoms with E-state index in [0.29, 0.717) is 12.1 Å². The Bertz CT molecular complexity index is 614. The number of benzene rings is 2. The van der Waals surface area contributed by atoms with Gasteiger partial charge in [0, 0.05) is 22.3 Å². The summed E-state index contributed by atoms with van der Waals surface area (Å²) in [5.74, 6) is -0.604. The van der Waals surface area contributed by atoms with E-state index in [4.69, 9.17) is 5.73 Å². The van der Waals surface area contributed by atoms with Gasteiger partial charge in [-0.1, -0.05) is 28.1 Å². The van der Waals surface area contributed by atoms with Crippen molar-refractivity contribution in [3.05, 3.63) is 63.9 Å². The number of nitrogens with one attached hydrogen (secondary N) is 1. The average Bonchev–Trinajstić information content (AvgIpc) is 2.41. The first kappa shape index (κ1) is 14.5. The Hall–Kier alpha value is -1.88. The number of carbonyl (C=O) groups is 1. The molecule has 0 radical (unpaired) electrons. The Morgan fingerprint density at radius 2 is 1.90 bits per heavy atom. The first-order chi connectivity index (χ1) is 9.54. The Morgan fingerprint density at radius 1 is 1.20 bits per heavy atom. The fraction of sp³-hybridized carbons (Fsp3) is 0.133. The van der Waals surface area contributed by atoms with Crippen LogP contribution in [0.2, 0.25) is 0 Å². The van der Waals surface area contributed by atoms with Crippen molar-refractivity contribution in [2.24, 2.45) is 5.73 Å². The van der Waals surface area contributed by atoms with E-state index in [0.717, 1.165) is 15.7 Å². The number of anilines is 1. The van der Waals surface area contributed by atoms with E-state index in [2.05, 4.69) is 21.2 Å². The second kappa shape index (κ2) is 6.52. The van der Waals surface area contributed by atoms with Gasteiger partial charge in [0.05, 0.1) is 6.42 Å². The van der Waals surface area contributed by atoms with Crippen molar-refractivity contribution in [2.45, 2.75) is 13.0 Å². The van der Waals surface area contributed by atoms with Gasteiger partial charge in [-0.15, -0.1) is 0 Å². The Balaban J connectivity index is 2.00. The van der Waals surface area contributed by atoms with Gasteiger partial charge in [0.2, 0.25) is 5.91 Å². The number of halogens is 2. The third-order valence-corrected chi connectivity index (χ3v) is 3.32. The zero-order valence-corrected chi connectivity index (χ0v) is 12.3. The van der Waals surface area contributed by atoms with E-state index in [-0.39, 0.29) is 18.1 Å². The fourth-order valence-electron chi connectivity index (χ4n) is 1.82. The summed E-state index contributed by atoms with van der Waals surface area (Å²) in [7, 11) is 0. The van der Waals surface area contributed by atoms with Crippen molar-refractivity contribution >= 4 is 27.5 Å². The zero-order chi connectivity index (χ0) is 14.5. The molecule has 0 aliphatic carbocycles. The second-order valence-electron chi connectivity index (χ2n) is 4.43. The second-order valence-corrected chi connectivity index (χ2v) is 5.34. The van der Waals surface area contributed by atoms with Gasteiger partial charge in [0.15, 0.2) is 0 Å². The first-order valence-corrected chi connectivity index (χ1v) is 6.89. The molecule has 5 heteroatoms. The number of nitrogens with two attached hydrogens (primary N) is 1. The van der Waals surface area contributed by atoms with E-state index in [9.17, 15) is 9.18 Å². The maximum atomic E-state index is 13.6. The summed E-state index contributed by atoms with van der Waals surface area (Å²) in [5, 5.41) is 3.13. The Labute approximate surface area is 125 Å². The Morgan fingerprint density at radius 3 is 2.55 bits per heavy atom. The molecule has 2 aromatic rings. The van der Waals surface area contributed by atoms with Crippen LogP contribution in [0.4, 0.5) is 10.1 Å². The molecule has 0 unspecified atom stereocenters. The maximum Gasteiger partial charge on any atom is 0.221 e. The maximum absolute atomic E-state index is 13.6. The third kappa shape index (κ3) is 4.06. The molecule has 0 bridgehead atoms. The van der Waals surface area contributed by atoms with Crippen LogP contribution in [0.25, 0.3) is 0 Å². The number of rotatable bonds is 5. The van der Waals surface area contributed by atoms with E-state index in [1.807, 2.05) is 24.3 Å². The number of hydrogen-bond donors (Lipinski definition) is 2. The molecule has 0 heterocycles. The Kier molecular flexibility index (Phi) is 4.74. The van der Waals surface area contributed by atoms with Crippen LogP contribution in [0.5, 0.6) is 0 Å². The highest BCUT2D eigenvalue weighted by Gasteiger charge is 2.03. The van der Waals surface area contributed by atoms with Crippen molar-refractivity contribution in [3.8, 4) is 0 Å². The van der Waals surface area contributed by atoms with Crippen molar-refractivity contribution in [3.63, 3.8) is 0 Å². The van der Waals surface area contributed by atoms with E-state index < -0.39 is 0 Å².